The number of non-ortho nitro benzene ring substituents is 2. The van der Waals surface area contributed by atoms with Gasteiger partial charge in [-0.2, -0.15) is 20.5 Å². The van der Waals surface area contributed by atoms with E-state index in [1.54, 1.807) is 24.3 Å². The van der Waals surface area contributed by atoms with Crippen molar-refractivity contribution in [3.63, 3.8) is 0 Å². The summed E-state index contributed by atoms with van der Waals surface area (Å²) in [6.45, 7) is 1.30. The molecular weight excluding hydrogens is 564 g/mol. The summed E-state index contributed by atoms with van der Waals surface area (Å²) in [5.74, 6) is 1.55. The van der Waals surface area contributed by atoms with Crippen LogP contribution in [0.2, 0.25) is 0 Å². The molecule has 4 rings (SSSR count). The zero-order chi connectivity index (χ0) is 31.0. The van der Waals surface area contributed by atoms with Gasteiger partial charge in [-0.05, 0) is 85.6 Å². The highest BCUT2D eigenvalue weighted by Gasteiger charge is 2.04. The summed E-state index contributed by atoms with van der Waals surface area (Å²) in [6.07, 6.45) is 6.42. The molecule has 0 fully saturated rings. The minimum absolute atomic E-state index is 0.0154. The maximum atomic E-state index is 10.7. The molecule has 0 saturated carbocycles. The minimum atomic E-state index is -0.452. The van der Waals surface area contributed by atoms with Gasteiger partial charge in [0, 0.05) is 24.3 Å². The Morgan fingerprint density at radius 1 is 0.432 bits per heavy atom. The molecule has 0 aliphatic heterocycles. The Morgan fingerprint density at radius 3 is 1.00 bits per heavy atom. The van der Waals surface area contributed by atoms with E-state index in [2.05, 4.69) is 20.5 Å². The lowest BCUT2D eigenvalue weighted by atomic mass is 10.1. The van der Waals surface area contributed by atoms with Crippen LogP contribution in [0.25, 0.3) is 0 Å². The van der Waals surface area contributed by atoms with Gasteiger partial charge in [0.25, 0.3) is 11.4 Å². The SMILES string of the molecule is O=[N+]([O-])c1ccc(N=Nc2ccc(OCCCCCCCCOc3ccc(N=Nc4ccc([N+](=O)[O-])cc4)cc3)cc2)cc1. The molecule has 0 bridgehead atoms. The molecule has 0 atom stereocenters. The number of hydrogen-bond acceptors (Lipinski definition) is 10. The predicted octanol–water partition coefficient (Wildman–Crippen LogP) is 10.1. The van der Waals surface area contributed by atoms with Crippen LogP contribution < -0.4 is 9.47 Å². The van der Waals surface area contributed by atoms with Crippen LogP contribution in [-0.2, 0) is 0 Å². The highest BCUT2D eigenvalue weighted by molar-refractivity contribution is 5.47. The highest BCUT2D eigenvalue weighted by Crippen LogP contribution is 2.25. The second-order valence-electron chi connectivity index (χ2n) is 9.75. The first kappa shape index (κ1) is 31.4. The molecule has 0 spiro atoms. The van der Waals surface area contributed by atoms with Crippen molar-refractivity contribution in [3.05, 3.63) is 117 Å². The molecule has 0 aromatic heterocycles. The van der Waals surface area contributed by atoms with E-state index in [4.69, 9.17) is 9.47 Å². The van der Waals surface area contributed by atoms with Crippen molar-refractivity contribution < 1.29 is 19.3 Å². The Morgan fingerprint density at radius 2 is 0.705 bits per heavy atom. The second kappa shape index (κ2) is 16.8. The lowest BCUT2D eigenvalue weighted by molar-refractivity contribution is -0.385. The smallest absolute Gasteiger partial charge is 0.269 e. The fourth-order valence-corrected chi connectivity index (χ4v) is 4.02. The van der Waals surface area contributed by atoms with Gasteiger partial charge in [0.05, 0.1) is 45.8 Å². The first-order chi connectivity index (χ1) is 21.5. The molecule has 0 aliphatic carbocycles. The average Bonchev–Trinajstić information content (AvgIpc) is 3.05. The van der Waals surface area contributed by atoms with Crippen LogP contribution in [0, 0.1) is 20.2 Å². The summed E-state index contributed by atoms with van der Waals surface area (Å²) in [5, 5.41) is 38.0. The number of ether oxygens (including phenoxy) is 2. The van der Waals surface area contributed by atoms with Crippen molar-refractivity contribution in [1.29, 1.82) is 0 Å². The van der Waals surface area contributed by atoms with Gasteiger partial charge in [-0.15, -0.1) is 0 Å². The van der Waals surface area contributed by atoms with Gasteiger partial charge in [0.15, 0.2) is 0 Å². The third-order valence-corrected chi connectivity index (χ3v) is 6.43. The number of nitrogens with zero attached hydrogens (tertiary/aromatic N) is 6. The van der Waals surface area contributed by atoms with E-state index >= 15 is 0 Å². The van der Waals surface area contributed by atoms with E-state index in [1.807, 2.05) is 48.5 Å². The van der Waals surface area contributed by atoms with Crippen molar-refractivity contribution in [1.82, 2.24) is 0 Å². The summed E-state index contributed by atoms with van der Waals surface area (Å²) in [4.78, 5) is 20.5. The Bertz CT molecular complexity index is 1420. The van der Waals surface area contributed by atoms with E-state index < -0.39 is 9.85 Å². The molecule has 4 aromatic rings. The lowest BCUT2D eigenvalue weighted by Crippen LogP contribution is -1.98. The summed E-state index contributed by atoms with van der Waals surface area (Å²) in [5.41, 5.74) is 2.44. The predicted molar refractivity (Wildman–Crippen MR) is 166 cm³/mol. The van der Waals surface area contributed by atoms with Gasteiger partial charge in [0.1, 0.15) is 11.5 Å². The number of benzene rings is 4. The average molecular weight is 597 g/mol. The Labute approximate surface area is 254 Å². The Balaban J connectivity index is 1.02. The van der Waals surface area contributed by atoms with Gasteiger partial charge >= 0.3 is 0 Å². The molecule has 0 radical (unpaired) electrons. The summed E-state index contributed by atoms with van der Waals surface area (Å²) in [6, 6.07) is 26.5. The number of unbranched alkanes of at least 4 members (excludes halogenated alkanes) is 5. The lowest BCUT2D eigenvalue weighted by Gasteiger charge is -2.07. The zero-order valence-electron chi connectivity index (χ0n) is 24.0. The zero-order valence-corrected chi connectivity index (χ0v) is 24.0. The number of azo groups is 2. The molecule has 12 nitrogen and oxygen atoms in total. The number of nitro groups is 2. The molecule has 0 aliphatic rings. The molecule has 226 valence electrons. The van der Waals surface area contributed by atoms with Gasteiger partial charge in [0.2, 0.25) is 0 Å². The van der Waals surface area contributed by atoms with E-state index in [0.29, 0.717) is 36.0 Å². The van der Waals surface area contributed by atoms with Gasteiger partial charge in [-0.1, -0.05) is 25.7 Å². The number of hydrogen-bond donors (Lipinski definition) is 0. The minimum Gasteiger partial charge on any atom is -0.494 e. The van der Waals surface area contributed by atoms with Crippen molar-refractivity contribution in [2.75, 3.05) is 13.2 Å². The fraction of sp³-hybridized carbons (Fsp3) is 0.250. The quantitative estimate of drug-likeness (QED) is 0.0511. The van der Waals surface area contributed by atoms with Crippen LogP contribution in [0.15, 0.2) is 118 Å². The Hall–Kier alpha value is -5.52. The largest absolute Gasteiger partial charge is 0.494 e. The van der Waals surface area contributed by atoms with Crippen LogP contribution in [0.1, 0.15) is 38.5 Å². The fourth-order valence-electron chi connectivity index (χ4n) is 4.02. The molecular formula is C32H32N6O6. The summed E-state index contributed by atoms with van der Waals surface area (Å²) < 4.78 is 11.6. The normalized spacial score (nSPS) is 11.2. The van der Waals surface area contributed by atoms with Gasteiger partial charge in [-0.25, -0.2) is 0 Å². The molecule has 0 heterocycles. The van der Waals surface area contributed by atoms with Crippen molar-refractivity contribution in [2.24, 2.45) is 20.5 Å². The highest BCUT2D eigenvalue weighted by atomic mass is 16.6. The maximum absolute atomic E-state index is 10.7. The van der Waals surface area contributed by atoms with Crippen LogP contribution >= 0.6 is 0 Å². The topological polar surface area (TPSA) is 154 Å². The number of rotatable bonds is 17. The van der Waals surface area contributed by atoms with Gasteiger partial charge < -0.3 is 9.47 Å². The third-order valence-electron chi connectivity index (χ3n) is 6.43. The molecule has 44 heavy (non-hydrogen) atoms. The van der Waals surface area contributed by atoms with E-state index in [9.17, 15) is 20.2 Å². The molecule has 0 N–H and O–H groups in total. The molecule has 0 saturated heterocycles. The second-order valence-corrected chi connectivity index (χ2v) is 9.75. The Kier molecular flexibility index (Phi) is 12.0. The molecule has 4 aromatic carbocycles. The molecule has 0 unspecified atom stereocenters. The van der Waals surface area contributed by atoms with Gasteiger partial charge in [-0.3, -0.25) is 20.2 Å². The van der Waals surface area contributed by atoms with Crippen LogP contribution in [0.4, 0.5) is 34.1 Å². The first-order valence-electron chi connectivity index (χ1n) is 14.2. The van der Waals surface area contributed by atoms with Crippen molar-refractivity contribution in [2.45, 2.75) is 38.5 Å². The van der Waals surface area contributed by atoms with E-state index in [1.165, 1.54) is 24.3 Å². The monoisotopic (exact) mass is 596 g/mol. The van der Waals surface area contributed by atoms with Crippen LogP contribution in [-0.4, -0.2) is 23.1 Å². The third kappa shape index (κ3) is 10.7. The van der Waals surface area contributed by atoms with Crippen LogP contribution in [0.3, 0.4) is 0 Å². The molecule has 12 heteroatoms. The first-order valence-corrected chi connectivity index (χ1v) is 14.2. The van der Waals surface area contributed by atoms with E-state index in [0.717, 1.165) is 50.0 Å². The van der Waals surface area contributed by atoms with Crippen LogP contribution in [0.5, 0.6) is 11.5 Å². The van der Waals surface area contributed by atoms with E-state index in [-0.39, 0.29) is 11.4 Å². The summed E-state index contributed by atoms with van der Waals surface area (Å²) >= 11 is 0. The number of nitro benzene ring substituents is 2. The maximum Gasteiger partial charge on any atom is 0.269 e. The molecule has 0 amide bonds. The van der Waals surface area contributed by atoms with Crippen molar-refractivity contribution in [3.8, 4) is 11.5 Å². The standard InChI is InChI=1S/C32H32N6O6/c39-37(40)29-15-7-25(8-16-29)33-35-27-11-19-31(20-12-27)43-23-5-3-1-2-4-6-24-44-32-21-13-28(14-22-32)36-34-26-9-17-30(18-10-26)38(41)42/h7-22H,1-6,23-24H2. The summed E-state index contributed by atoms with van der Waals surface area (Å²) in [7, 11) is 0. The van der Waals surface area contributed by atoms with Crippen molar-refractivity contribution >= 4 is 34.1 Å².